The van der Waals surface area contributed by atoms with Crippen LogP contribution in [0.5, 0.6) is 0 Å². The Morgan fingerprint density at radius 2 is 1.64 bits per heavy atom. The third-order valence-corrected chi connectivity index (χ3v) is 6.55. The van der Waals surface area contributed by atoms with Crippen LogP contribution in [0.25, 0.3) is 10.9 Å². The van der Waals surface area contributed by atoms with Gasteiger partial charge in [0.25, 0.3) is 0 Å². The zero-order chi connectivity index (χ0) is 26.7. The molecule has 1 heterocycles. The van der Waals surface area contributed by atoms with Crippen molar-refractivity contribution in [1.82, 2.24) is 15.2 Å². The minimum absolute atomic E-state index is 0.0552. The lowest BCUT2D eigenvalue weighted by Gasteiger charge is -2.27. The van der Waals surface area contributed by atoms with Crippen molar-refractivity contribution in [1.29, 1.82) is 0 Å². The van der Waals surface area contributed by atoms with Crippen LogP contribution in [0.2, 0.25) is 0 Å². The number of anilines is 1. The molecular formula is C30H42N4O2. The number of rotatable bonds is 7. The van der Waals surface area contributed by atoms with Crippen LogP contribution in [0.1, 0.15) is 72.1 Å². The highest BCUT2D eigenvalue weighted by molar-refractivity contribution is 5.95. The minimum atomic E-state index is -0.704. The third-order valence-electron chi connectivity index (χ3n) is 6.55. The first kappa shape index (κ1) is 27.3. The van der Waals surface area contributed by atoms with Crippen LogP contribution in [0.3, 0.4) is 0 Å². The number of para-hydroxylation sites is 1. The van der Waals surface area contributed by atoms with Gasteiger partial charge in [0, 0.05) is 42.3 Å². The summed E-state index contributed by atoms with van der Waals surface area (Å²) < 4.78 is 2.17. The van der Waals surface area contributed by atoms with E-state index in [-0.39, 0.29) is 22.8 Å². The van der Waals surface area contributed by atoms with Gasteiger partial charge in [0.15, 0.2) is 0 Å². The summed E-state index contributed by atoms with van der Waals surface area (Å²) in [5.41, 5.74) is 4.91. The van der Waals surface area contributed by atoms with Crippen molar-refractivity contribution in [2.24, 2.45) is 0 Å². The van der Waals surface area contributed by atoms with E-state index in [2.05, 4.69) is 106 Å². The zero-order valence-electron chi connectivity index (χ0n) is 23.1. The molecule has 3 N–H and O–H groups in total. The molecule has 194 valence electrons. The van der Waals surface area contributed by atoms with Crippen LogP contribution >= 0.6 is 0 Å². The summed E-state index contributed by atoms with van der Waals surface area (Å²) in [4.78, 5) is 26.3. The lowest BCUT2D eigenvalue weighted by molar-refractivity contribution is -0.122. The van der Waals surface area contributed by atoms with Crippen molar-refractivity contribution in [3.05, 3.63) is 65.4 Å². The van der Waals surface area contributed by atoms with E-state index in [9.17, 15) is 9.59 Å². The van der Waals surface area contributed by atoms with Gasteiger partial charge in [0.1, 0.15) is 6.04 Å². The fraction of sp³-hybridized carbons (Fsp3) is 0.467. The summed E-state index contributed by atoms with van der Waals surface area (Å²) in [7, 11) is 0. The van der Waals surface area contributed by atoms with Crippen molar-refractivity contribution < 1.29 is 9.59 Å². The third kappa shape index (κ3) is 6.28. The second-order valence-electron chi connectivity index (χ2n) is 11.5. The van der Waals surface area contributed by atoms with E-state index in [4.69, 9.17) is 0 Å². The highest BCUT2D eigenvalue weighted by atomic mass is 16.2. The Bertz CT molecular complexity index is 1230. The number of hydrogen-bond acceptors (Lipinski definition) is 2. The number of aryl methyl sites for hydroxylation is 1. The van der Waals surface area contributed by atoms with E-state index in [0.717, 1.165) is 39.8 Å². The number of carbonyl (C=O) groups excluding carboxylic acids is 2. The van der Waals surface area contributed by atoms with Crippen LogP contribution in [-0.2, 0) is 28.6 Å². The molecule has 0 unspecified atom stereocenters. The number of amides is 3. The molecule has 3 rings (SSSR count). The lowest BCUT2D eigenvalue weighted by Crippen LogP contribution is -2.49. The van der Waals surface area contributed by atoms with E-state index < -0.39 is 6.04 Å². The fourth-order valence-corrected chi connectivity index (χ4v) is 4.56. The Hall–Kier alpha value is -3.28. The maximum absolute atomic E-state index is 13.3. The molecule has 0 saturated heterocycles. The Morgan fingerprint density at radius 1 is 0.944 bits per heavy atom. The monoisotopic (exact) mass is 490 g/mol. The molecule has 36 heavy (non-hydrogen) atoms. The summed E-state index contributed by atoms with van der Waals surface area (Å²) in [5, 5.41) is 10.00. The number of hydrogen-bond donors (Lipinski definition) is 3. The molecule has 6 nitrogen and oxygen atoms in total. The number of nitrogens with one attached hydrogen (secondary N) is 3. The van der Waals surface area contributed by atoms with Crippen LogP contribution in [0, 0.1) is 0 Å². The van der Waals surface area contributed by atoms with Gasteiger partial charge in [-0.05, 0) is 53.5 Å². The SMILES string of the molecule is CCNC(=O)[C@@H](Cc1cn(CC)c2ccccc12)NC(=O)Nc1cc(C(C)(C)C)ccc1C(C)(C)C. The summed E-state index contributed by atoms with van der Waals surface area (Å²) in [6, 6.07) is 13.4. The Labute approximate surface area is 215 Å². The largest absolute Gasteiger partial charge is 0.355 e. The molecule has 0 spiro atoms. The van der Waals surface area contributed by atoms with Gasteiger partial charge in [-0.25, -0.2) is 4.79 Å². The quantitative estimate of drug-likeness (QED) is 0.373. The first-order valence-corrected chi connectivity index (χ1v) is 12.9. The second kappa shape index (κ2) is 10.8. The topological polar surface area (TPSA) is 75.2 Å². The molecule has 0 saturated carbocycles. The van der Waals surface area contributed by atoms with Gasteiger partial charge in [-0.1, -0.05) is 71.9 Å². The highest BCUT2D eigenvalue weighted by Crippen LogP contribution is 2.34. The molecule has 1 aromatic heterocycles. The maximum Gasteiger partial charge on any atom is 0.319 e. The first-order chi connectivity index (χ1) is 16.8. The summed E-state index contributed by atoms with van der Waals surface area (Å²) in [6.45, 7) is 18.2. The molecule has 0 aliphatic heterocycles. The van der Waals surface area contributed by atoms with Gasteiger partial charge < -0.3 is 20.5 Å². The van der Waals surface area contributed by atoms with Gasteiger partial charge in [0.2, 0.25) is 5.91 Å². The number of fused-ring (bicyclic) bond motifs is 1. The molecule has 0 fully saturated rings. The van der Waals surface area contributed by atoms with E-state index in [1.165, 1.54) is 0 Å². The number of likely N-dealkylation sites (N-methyl/N-ethyl adjacent to an activating group) is 1. The molecule has 1 atom stereocenters. The van der Waals surface area contributed by atoms with Crippen molar-refractivity contribution >= 4 is 28.5 Å². The van der Waals surface area contributed by atoms with Crippen molar-refractivity contribution in [2.75, 3.05) is 11.9 Å². The van der Waals surface area contributed by atoms with Gasteiger partial charge in [-0.2, -0.15) is 0 Å². The Morgan fingerprint density at radius 3 is 2.25 bits per heavy atom. The average molecular weight is 491 g/mol. The van der Waals surface area contributed by atoms with Crippen molar-refractivity contribution in [2.45, 2.75) is 85.2 Å². The van der Waals surface area contributed by atoms with Crippen LogP contribution in [0.4, 0.5) is 10.5 Å². The van der Waals surface area contributed by atoms with E-state index in [1.54, 1.807) is 0 Å². The second-order valence-corrected chi connectivity index (χ2v) is 11.5. The molecule has 0 aliphatic carbocycles. The summed E-state index contributed by atoms with van der Waals surface area (Å²) in [5.74, 6) is -0.194. The lowest BCUT2D eigenvalue weighted by atomic mass is 9.81. The number of nitrogens with zero attached hydrogens (tertiary/aromatic N) is 1. The Balaban J connectivity index is 1.90. The molecule has 2 aromatic carbocycles. The average Bonchev–Trinajstić information content (AvgIpc) is 3.15. The van der Waals surface area contributed by atoms with Crippen molar-refractivity contribution in [3.8, 4) is 0 Å². The summed E-state index contributed by atoms with van der Waals surface area (Å²) >= 11 is 0. The van der Waals surface area contributed by atoms with Gasteiger partial charge >= 0.3 is 6.03 Å². The number of benzene rings is 2. The minimum Gasteiger partial charge on any atom is -0.355 e. The van der Waals surface area contributed by atoms with Gasteiger partial charge in [-0.3, -0.25) is 4.79 Å². The number of carbonyl (C=O) groups is 2. The van der Waals surface area contributed by atoms with Gasteiger partial charge in [0.05, 0.1) is 0 Å². The van der Waals surface area contributed by atoms with Crippen LogP contribution in [0.15, 0.2) is 48.7 Å². The smallest absolute Gasteiger partial charge is 0.319 e. The zero-order valence-corrected chi connectivity index (χ0v) is 23.1. The molecular weight excluding hydrogens is 448 g/mol. The first-order valence-electron chi connectivity index (χ1n) is 12.9. The predicted octanol–water partition coefficient (Wildman–Crippen LogP) is 6.13. The van der Waals surface area contributed by atoms with E-state index in [1.807, 2.05) is 19.1 Å². The molecule has 0 radical (unpaired) electrons. The fourth-order valence-electron chi connectivity index (χ4n) is 4.56. The molecule has 0 aliphatic rings. The summed E-state index contributed by atoms with van der Waals surface area (Å²) in [6.07, 6.45) is 2.49. The molecule has 6 heteroatoms. The van der Waals surface area contributed by atoms with E-state index >= 15 is 0 Å². The van der Waals surface area contributed by atoms with Crippen LogP contribution in [-0.4, -0.2) is 29.1 Å². The predicted molar refractivity (Wildman–Crippen MR) is 150 cm³/mol. The standard InChI is InChI=1S/C30H42N4O2/c1-9-31-27(35)25(17-20-19-34(10-2)26-14-12-11-13-22(20)26)33-28(36)32-24-18-21(29(3,4)5)15-16-23(24)30(6,7)8/h11-16,18-19,25H,9-10,17H2,1-8H3,(H,31,35)(H2,32,33,36)/t25-/m1/s1. The van der Waals surface area contributed by atoms with Crippen LogP contribution < -0.4 is 16.0 Å². The van der Waals surface area contributed by atoms with Crippen molar-refractivity contribution in [3.63, 3.8) is 0 Å². The Kier molecular flexibility index (Phi) is 8.17. The number of aromatic nitrogens is 1. The van der Waals surface area contributed by atoms with E-state index in [0.29, 0.717) is 13.0 Å². The highest BCUT2D eigenvalue weighted by Gasteiger charge is 2.26. The molecule has 0 bridgehead atoms. The van der Waals surface area contributed by atoms with Gasteiger partial charge in [-0.15, -0.1) is 0 Å². The normalized spacial score (nSPS) is 12.9. The molecule has 3 aromatic rings. The molecule has 3 amide bonds. The number of urea groups is 1. The maximum atomic E-state index is 13.3.